The molecule has 5 nitrogen and oxygen atoms in total. The van der Waals surface area contributed by atoms with Gasteiger partial charge in [0.05, 0.1) is 10.7 Å². The maximum Gasteiger partial charge on any atom is 0.339 e. The molecule has 2 N–H and O–H groups in total. The van der Waals surface area contributed by atoms with E-state index in [9.17, 15) is 4.79 Å². The van der Waals surface area contributed by atoms with Gasteiger partial charge in [-0.25, -0.2) is 4.79 Å². The summed E-state index contributed by atoms with van der Waals surface area (Å²) in [5.74, 6) is -0.915. The fourth-order valence-corrected chi connectivity index (χ4v) is 1.64. The van der Waals surface area contributed by atoms with Gasteiger partial charge in [0.25, 0.3) is 0 Å². The molecule has 0 aliphatic rings. The molecule has 0 aliphatic carbocycles. The van der Waals surface area contributed by atoms with Crippen molar-refractivity contribution >= 4 is 40.7 Å². The first-order chi connectivity index (χ1) is 8.58. The molecule has 0 spiro atoms. The van der Waals surface area contributed by atoms with Gasteiger partial charge in [-0.1, -0.05) is 35.3 Å². The van der Waals surface area contributed by atoms with Gasteiger partial charge in [0.15, 0.2) is 11.0 Å². The number of anilines is 2. The van der Waals surface area contributed by atoms with Gasteiger partial charge in [-0.05, 0) is 12.1 Å². The zero-order valence-electron chi connectivity index (χ0n) is 8.89. The van der Waals surface area contributed by atoms with E-state index in [0.29, 0.717) is 10.7 Å². The Morgan fingerprint density at radius 1 is 1.22 bits per heavy atom. The second-order valence-corrected chi connectivity index (χ2v) is 4.11. The largest absolute Gasteiger partial charge is 0.478 e. The number of halogens is 2. The molecular weight excluding hydrogens is 277 g/mol. The van der Waals surface area contributed by atoms with Crippen LogP contribution < -0.4 is 5.32 Å². The van der Waals surface area contributed by atoms with E-state index in [4.69, 9.17) is 28.3 Å². The Hall–Kier alpha value is -1.85. The molecule has 0 radical (unpaired) electrons. The van der Waals surface area contributed by atoms with Gasteiger partial charge >= 0.3 is 5.97 Å². The van der Waals surface area contributed by atoms with E-state index in [1.807, 2.05) is 0 Å². The standard InChI is InChI=1S/C11H7Cl2N3O2/c12-7-3-1-2-4-8(7)14-9-5-6(11(17)18)10(13)16-15-9/h1-5H,(H,14,15)(H,17,18). The van der Waals surface area contributed by atoms with Crippen LogP contribution in [0.3, 0.4) is 0 Å². The van der Waals surface area contributed by atoms with Crippen LogP contribution in [0.15, 0.2) is 30.3 Å². The minimum atomic E-state index is -1.17. The SMILES string of the molecule is O=C(O)c1cc(Nc2ccccc2Cl)nnc1Cl. The second-order valence-electron chi connectivity index (χ2n) is 3.34. The summed E-state index contributed by atoms with van der Waals surface area (Å²) in [6.07, 6.45) is 0. The summed E-state index contributed by atoms with van der Waals surface area (Å²) < 4.78 is 0. The van der Waals surface area contributed by atoms with Gasteiger partial charge in [-0.3, -0.25) is 0 Å². The van der Waals surface area contributed by atoms with Crippen molar-refractivity contribution in [1.82, 2.24) is 10.2 Å². The van der Waals surface area contributed by atoms with E-state index in [-0.39, 0.29) is 16.5 Å². The quantitative estimate of drug-likeness (QED) is 0.905. The lowest BCUT2D eigenvalue weighted by Gasteiger charge is -2.07. The summed E-state index contributed by atoms with van der Waals surface area (Å²) >= 11 is 11.6. The fraction of sp³-hybridized carbons (Fsp3) is 0. The number of carboxylic acids is 1. The summed E-state index contributed by atoms with van der Waals surface area (Å²) in [7, 11) is 0. The highest BCUT2D eigenvalue weighted by Crippen LogP contribution is 2.24. The van der Waals surface area contributed by atoms with E-state index < -0.39 is 5.97 Å². The zero-order valence-corrected chi connectivity index (χ0v) is 10.4. The molecule has 2 aromatic rings. The van der Waals surface area contributed by atoms with Crippen molar-refractivity contribution in [3.05, 3.63) is 46.1 Å². The molecule has 0 bridgehead atoms. The van der Waals surface area contributed by atoms with Crippen molar-refractivity contribution in [2.24, 2.45) is 0 Å². The number of nitrogens with zero attached hydrogens (tertiary/aromatic N) is 2. The highest BCUT2D eigenvalue weighted by Gasteiger charge is 2.12. The van der Waals surface area contributed by atoms with Gasteiger partial charge in [-0.15, -0.1) is 10.2 Å². The molecule has 0 aliphatic heterocycles. The fourth-order valence-electron chi connectivity index (χ4n) is 1.29. The van der Waals surface area contributed by atoms with Crippen LogP contribution in [0.5, 0.6) is 0 Å². The number of para-hydroxylation sites is 1. The van der Waals surface area contributed by atoms with E-state index in [1.54, 1.807) is 24.3 Å². The van der Waals surface area contributed by atoms with Gasteiger partial charge in [0.1, 0.15) is 5.56 Å². The number of hydrogen-bond donors (Lipinski definition) is 2. The Balaban J connectivity index is 2.33. The Morgan fingerprint density at radius 3 is 2.61 bits per heavy atom. The van der Waals surface area contributed by atoms with Crippen molar-refractivity contribution in [3.63, 3.8) is 0 Å². The Bertz CT molecular complexity index is 605. The molecule has 0 amide bonds. The first kappa shape index (κ1) is 12.6. The highest BCUT2D eigenvalue weighted by atomic mass is 35.5. The number of nitrogens with one attached hydrogen (secondary N) is 1. The van der Waals surface area contributed by atoms with Crippen LogP contribution in [0.25, 0.3) is 0 Å². The lowest BCUT2D eigenvalue weighted by molar-refractivity contribution is 0.0696. The van der Waals surface area contributed by atoms with Crippen molar-refractivity contribution in [2.75, 3.05) is 5.32 Å². The molecule has 0 fully saturated rings. The van der Waals surface area contributed by atoms with Crippen LogP contribution in [0.2, 0.25) is 10.2 Å². The zero-order chi connectivity index (χ0) is 13.1. The summed E-state index contributed by atoms with van der Waals surface area (Å²) in [5, 5.41) is 19.4. The number of benzene rings is 1. The third-order valence-electron chi connectivity index (χ3n) is 2.12. The third kappa shape index (κ3) is 2.69. The van der Waals surface area contributed by atoms with E-state index in [0.717, 1.165) is 0 Å². The monoisotopic (exact) mass is 283 g/mol. The summed E-state index contributed by atoms with van der Waals surface area (Å²) in [6.45, 7) is 0. The number of aromatic carboxylic acids is 1. The third-order valence-corrected chi connectivity index (χ3v) is 2.72. The van der Waals surface area contributed by atoms with Crippen LogP contribution in [0.4, 0.5) is 11.5 Å². The summed E-state index contributed by atoms with van der Waals surface area (Å²) in [5.41, 5.74) is 0.480. The molecule has 0 atom stereocenters. The minimum absolute atomic E-state index is 0.124. The van der Waals surface area contributed by atoms with E-state index in [2.05, 4.69) is 15.5 Å². The number of hydrogen-bond acceptors (Lipinski definition) is 4. The van der Waals surface area contributed by atoms with Crippen LogP contribution in [-0.2, 0) is 0 Å². The Kier molecular flexibility index (Phi) is 3.64. The average Bonchev–Trinajstić information content (AvgIpc) is 2.34. The maximum absolute atomic E-state index is 10.9. The van der Waals surface area contributed by atoms with Crippen LogP contribution in [0, 0.1) is 0 Å². The smallest absolute Gasteiger partial charge is 0.339 e. The normalized spacial score (nSPS) is 10.1. The number of carbonyl (C=O) groups is 1. The van der Waals surface area contributed by atoms with Gasteiger partial charge < -0.3 is 10.4 Å². The van der Waals surface area contributed by atoms with Gasteiger partial charge in [-0.2, -0.15) is 0 Å². The summed E-state index contributed by atoms with van der Waals surface area (Å²) in [6, 6.07) is 8.30. The molecule has 0 unspecified atom stereocenters. The van der Waals surface area contributed by atoms with Crippen molar-refractivity contribution in [3.8, 4) is 0 Å². The van der Waals surface area contributed by atoms with Gasteiger partial charge in [0.2, 0.25) is 0 Å². The molecule has 1 heterocycles. The predicted molar refractivity (Wildman–Crippen MR) is 68.7 cm³/mol. The minimum Gasteiger partial charge on any atom is -0.478 e. The average molecular weight is 284 g/mol. The topological polar surface area (TPSA) is 75.1 Å². The van der Waals surface area contributed by atoms with Crippen molar-refractivity contribution in [1.29, 1.82) is 0 Å². The lowest BCUT2D eigenvalue weighted by atomic mass is 10.3. The highest BCUT2D eigenvalue weighted by molar-refractivity contribution is 6.33. The Morgan fingerprint density at radius 2 is 1.94 bits per heavy atom. The van der Waals surface area contributed by atoms with Gasteiger partial charge in [0, 0.05) is 6.07 Å². The number of rotatable bonds is 3. The molecule has 92 valence electrons. The molecule has 7 heteroatoms. The van der Waals surface area contributed by atoms with Crippen LogP contribution in [0.1, 0.15) is 10.4 Å². The number of aromatic nitrogens is 2. The molecule has 1 aromatic heterocycles. The molecule has 0 saturated carbocycles. The van der Waals surface area contributed by atoms with Crippen LogP contribution in [-0.4, -0.2) is 21.3 Å². The molecule has 0 saturated heterocycles. The second kappa shape index (κ2) is 5.20. The van der Waals surface area contributed by atoms with E-state index in [1.165, 1.54) is 6.07 Å². The van der Waals surface area contributed by atoms with Crippen molar-refractivity contribution < 1.29 is 9.90 Å². The first-order valence-corrected chi connectivity index (χ1v) is 5.61. The molecule has 2 rings (SSSR count). The van der Waals surface area contributed by atoms with Crippen LogP contribution >= 0.6 is 23.2 Å². The predicted octanol–water partition coefficient (Wildman–Crippen LogP) is 3.23. The molecule has 18 heavy (non-hydrogen) atoms. The number of carboxylic acid groups (broad SMARTS) is 1. The lowest BCUT2D eigenvalue weighted by Crippen LogP contribution is -2.04. The molecular formula is C11H7Cl2N3O2. The molecule has 1 aromatic carbocycles. The van der Waals surface area contributed by atoms with Crippen molar-refractivity contribution in [2.45, 2.75) is 0 Å². The first-order valence-electron chi connectivity index (χ1n) is 4.86. The van der Waals surface area contributed by atoms with E-state index >= 15 is 0 Å². The maximum atomic E-state index is 10.9. The Labute approximate surface area is 112 Å². The summed E-state index contributed by atoms with van der Waals surface area (Å²) in [4.78, 5) is 10.9.